The molecule has 0 fully saturated rings. The molecule has 0 bridgehead atoms. The number of halogens is 3. The van der Waals surface area contributed by atoms with Crippen LogP contribution in [-0.4, -0.2) is 49.1 Å². The fraction of sp³-hybridized carbons (Fsp3) is 0.250. The molecule has 0 saturated heterocycles. The van der Waals surface area contributed by atoms with E-state index in [9.17, 15) is 27.6 Å². The topological polar surface area (TPSA) is 82.1 Å². The van der Waals surface area contributed by atoms with E-state index >= 15 is 0 Å². The number of imide groups is 1. The van der Waals surface area contributed by atoms with Crippen LogP contribution in [0.4, 0.5) is 13.2 Å². The van der Waals surface area contributed by atoms with Gasteiger partial charge < -0.3 is 14.2 Å². The van der Waals surface area contributed by atoms with Crippen LogP contribution in [0.5, 0.6) is 11.5 Å². The highest BCUT2D eigenvalue weighted by atomic mass is 19.4. The number of methoxy groups -OCH3 is 1. The number of alkyl halides is 3. The van der Waals surface area contributed by atoms with Crippen LogP contribution >= 0.6 is 0 Å². The van der Waals surface area contributed by atoms with E-state index in [1.165, 1.54) is 25.3 Å². The van der Waals surface area contributed by atoms with Crippen molar-refractivity contribution in [3.63, 3.8) is 0 Å². The van der Waals surface area contributed by atoms with Crippen LogP contribution in [-0.2, 0) is 16.1 Å². The lowest BCUT2D eigenvalue weighted by Gasteiger charge is -2.16. The van der Waals surface area contributed by atoms with Crippen LogP contribution in [0.15, 0.2) is 42.5 Å². The van der Waals surface area contributed by atoms with Gasteiger partial charge in [0.2, 0.25) is 0 Å². The van der Waals surface area contributed by atoms with Gasteiger partial charge in [0.25, 0.3) is 11.8 Å². The summed E-state index contributed by atoms with van der Waals surface area (Å²) in [5.41, 5.74) is 0.924. The Morgan fingerprint density at radius 2 is 1.63 bits per heavy atom. The SMILES string of the molecule is COc1cc(COC(=O)C(F)(F)F)ccc1OCCN1C(=O)c2ccccc2C1=O. The van der Waals surface area contributed by atoms with Crippen molar-refractivity contribution in [2.24, 2.45) is 0 Å². The lowest BCUT2D eigenvalue weighted by atomic mass is 10.1. The molecule has 2 aromatic rings. The maximum atomic E-state index is 12.3. The molecule has 30 heavy (non-hydrogen) atoms. The second kappa shape index (κ2) is 8.44. The van der Waals surface area contributed by atoms with Crippen molar-refractivity contribution in [2.75, 3.05) is 20.3 Å². The van der Waals surface area contributed by atoms with Gasteiger partial charge in [0.1, 0.15) is 13.2 Å². The summed E-state index contributed by atoms with van der Waals surface area (Å²) in [6.45, 7) is -0.616. The summed E-state index contributed by atoms with van der Waals surface area (Å²) in [4.78, 5) is 36.5. The summed E-state index contributed by atoms with van der Waals surface area (Å²) >= 11 is 0. The number of hydrogen-bond acceptors (Lipinski definition) is 6. The van der Waals surface area contributed by atoms with Gasteiger partial charge in [-0.1, -0.05) is 18.2 Å². The van der Waals surface area contributed by atoms with Crippen LogP contribution in [0, 0.1) is 0 Å². The van der Waals surface area contributed by atoms with E-state index in [2.05, 4.69) is 4.74 Å². The molecule has 0 spiro atoms. The van der Waals surface area contributed by atoms with E-state index < -0.39 is 30.6 Å². The number of carbonyl (C=O) groups excluding carboxylic acids is 3. The second-order valence-electron chi connectivity index (χ2n) is 6.22. The molecule has 0 saturated carbocycles. The average molecular weight is 423 g/mol. The molecule has 10 heteroatoms. The molecule has 0 aromatic heterocycles. The quantitative estimate of drug-likeness (QED) is 0.503. The standard InChI is InChI=1S/C20H16F3NO6/c1-28-16-10-12(11-30-19(27)20(21,22)23)6-7-15(16)29-9-8-24-17(25)13-4-2-3-5-14(13)18(24)26/h2-7,10H,8-9,11H2,1H3. The van der Waals surface area contributed by atoms with Crippen molar-refractivity contribution in [3.8, 4) is 11.5 Å². The predicted octanol–water partition coefficient (Wildman–Crippen LogP) is 2.98. The molecule has 0 radical (unpaired) electrons. The highest BCUT2D eigenvalue weighted by molar-refractivity contribution is 6.21. The first-order valence-electron chi connectivity index (χ1n) is 8.71. The number of benzene rings is 2. The number of hydrogen-bond donors (Lipinski definition) is 0. The first kappa shape index (κ1) is 21.2. The maximum Gasteiger partial charge on any atom is 0.490 e. The Balaban J connectivity index is 1.59. The van der Waals surface area contributed by atoms with Crippen LogP contribution in [0.1, 0.15) is 26.3 Å². The number of nitrogens with zero attached hydrogens (tertiary/aromatic N) is 1. The van der Waals surface area contributed by atoms with Crippen LogP contribution in [0.3, 0.4) is 0 Å². The smallest absolute Gasteiger partial charge is 0.490 e. The molecule has 1 heterocycles. The normalized spacial score (nSPS) is 13.3. The average Bonchev–Trinajstić information content (AvgIpc) is 2.96. The molecule has 2 aromatic carbocycles. The molecule has 7 nitrogen and oxygen atoms in total. The third-order valence-electron chi connectivity index (χ3n) is 4.28. The van der Waals surface area contributed by atoms with Gasteiger partial charge in [-0.25, -0.2) is 4.79 Å². The number of esters is 1. The minimum Gasteiger partial charge on any atom is -0.493 e. The molecule has 1 aliphatic heterocycles. The fourth-order valence-electron chi connectivity index (χ4n) is 2.84. The third kappa shape index (κ3) is 4.37. The minimum atomic E-state index is -5.07. The summed E-state index contributed by atoms with van der Waals surface area (Å²) in [7, 11) is 1.33. The fourth-order valence-corrected chi connectivity index (χ4v) is 2.84. The van der Waals surface area contributed by atoms with E-state index in [-0.39, 0.29) is 30.2 Å². The zero-order chi connectivity index (χ0) is 21.9. The Kier molecular flexibility index (Phi) is 5.95. The molecular weight excluding hydrogens is 407 g/mol. The van der Waals surface area contributed by atoms with Crippen molar-refractivity contribution in [1.82, 2.24) is 4.90 Å². The number of fused-ring (bicyclic) bond motifs is 1. The van der Waals surface area contributed by atoms with E-state index in [1.54, 1.807) is 24.3 Å². The van der Waals surface area contributed by atoms with Gasteiger partial charge in [0.15, 0.2) is 11.5 Å². The second-order valence-corrected chi connectivity index (χ2v) is 6.22. The molecule has 0 N–H and O–H groups in total. The molecule has 1 aliphatic rings. The van der Waals surface area contributed by atoms with E-state index in [1.807, 2.05) is 0 Å². The van der Waals surface area contributed by atoms with Crippen molar-refractivity contribution in [2.45, 2.75) is 12.8 Å². The Labute approximate surface area is 168 Å². The maximum absolute atomic E-state index is 12.3. The number of amides is 2. The molecular formula is C20H16F3NO6. The van der Waals surface area contributed by atoms with Gasteiger partial charge in [-0.05, 0) is 29.8 Å². The summed E-state index contributed by atoms with van der Waals surface area (Å²) in [6.07, 6.45) is -5.07. The molecule has 0 unspecified atom stereocenters. The Morgan fingerprint density at radius 3 is 2.20 bits per heavy atom. The van der Waals surface area contributed by atoms with Gasteiger partial charge in [0.05, 0.1) is 24.8 Å². The van der Waals surface area contributed by atoms with Crippen molar-refractivity contribution < 1.29 is 41.8 Å². The largest absolute Gasteiger partial charge is 0.493 e. The molecule has 0 atom stereocenters. The Morgan fingerprint density at radius 1 is 1.00 bits per heavy atom. The van der Waals surface area contributed by atoms with Gasteiger partial charge in [0, 0.05) is 0 Å². The van der Waals surface area contributed by atoms with Gasteiger partial charge >= 0.3 is 12.1 Å². The molecule has 2 amide bonds. The lowest BCUT2D eigenvalue weighted by Crippen LogP contribution is -2.33. The van der Waals surface area contributed by atoms with Crippen molar-refractivity contribution in [1.29, 1.82) is 0 Å². The van der Waals surface area contributed by atoms with Crippen LogP contribution in [0.2, 0.25) is 0 Å². The van der Waals surface area contributed by atoms with Crippen molar-refractivity contribution in [3.05, 3.63) is 59.2 Å². The van der Waals surface area contributed by atoms with Crippen molar-refractivity contribution >= 4 is 17.8 Å². The van der Waals surface area contributed by atoms with Gasteiger partial charge in [-0.15, -0.1) is 0 Å². The number of ether oxygens (including phenoxy) is 3. The van der Waals surface area contributed by atoms with E-state index in [4.69, 9.17) is 9.47 Å². The van der Waals surface area contributed by atoms with Crippen LogP contribution in [0.25, 0.3) is 0 Å². The highest BCUT2D eigenvalue weighted by Gasteiger charge is 2.41. The summed E-state index contributed by atoms with van der Waals surface area (Å²) in [5.74, 6) is -2.67. The number of rotatable bonds is 7. The third-order valence-corrected chi connectivity index (χ3v) is 4.28. The highest BCUT2D eigenvalue weighted by Crippen LogP contribution is 2.29. The minimum absolute atomic E-state index is 0.000444. The van der Waals surface area contributed by atoms with E-state index in [0.717, 1.165) is 4.90 Å². The zero-order valence-corrected chi connectivity index (χ0v) is 15.7. The zero-order valence-electron chi connectivity index (χ0n) is 15.7. The van der Waals surface area contributed by atoms with Crippen LogP contribution < -0.4 is 9.47 Å². The van der Waals surface area contributed by atoms with E-state index in [0.29, 0.717) is 11.1 Å². The number of carbonyl (C=O) groups is 3. The van der Waals surface area contributed by atoms with Gasteiger partial charge in [-0.3, -0.25) is 14.5 Å². The van der Waals surface area contributed by atoms with Gasteiger partial charge in [-0.2, -0.15) is 13.2 Å². The first-order chi connectivity index (χ1) is 14.2. The summed E-state index contributed by atoms with van der Waals surface area (Å²) in [5, 5.41) is 0. The monoisotopic (exact) mass is 423 g/mol. The summed E-state index contributed by atoms with van der Waals surface area (Å²) in [6, 6.07) is 10.7. The molecule has 0 aliphatic carbocycles. The Bertz CT molecular complexity index is 954. The lowest BCUT2D eigenvalue weighted by molar-refractivity contribution is -0.201. The predicted molar refractivity (Wildman–Crippen MR) is 96.1 cm³/mol. The Hall–Kier alpha value is -3.56. The summed E-state index contributed by atoms with van der Waals surface area (Å²) < 4.78 is 51.5. The molecule has 3 rings (SSSR count). The molecule has 158 valence electrons. The first-order valence-corrected chi connectivity index (χ1v) is 8.71.